The number of hydrogen-bond acceptors (Lipinski definition) is 4. The second-order valence-electron chi connectivity index (χ2n) is 6.28. The second kappa shape index (κ2) is 7.35. The SMILES string of the molecule is O=c1cc(-c2ccncc2)nc2n1CCCN2CC=Cc1ccccc1. The van der Waals surface area contributed by atoms with Gasteiger partial charge in [-0.15, -0.1) is 0 Å². The van der Waals surface area contributed by atoms with Crippen molar-refractivity contribution >= 4 is 12.0 Å². The summed E-state index contributed by atoms with van der Waals surface area (Å²) >= 11 is 0. The van der Waals surface area contributed by atoms with E-state index in [9.17, 15) is 4.79 Å². The van der Waals surface area contributed by atoms with E-state index in [1.165, 1.54) is 5.56 Å². The third kappa shape index (κ3) is 3.42. The molecule has 4 rings (SSSR count). The average Bonchev–Trinajstić information content (AvgIpc) is 2.70. The van der Waals surface area contributed by atoms with Gasteiger partial charge in [0.1, 0.15) is 0 Å². The maximum atomic E-state index is 12.6. The second-order valence-corrected chi connectivity index (χ2v) is 6.28. The fourth-order valence-electron chi connectivity index (χ4n) is 3.19. The number of hydrogen-bond donors (Lipinski definition) is 0. The van der Waals surface area contributed by atoms with Crippen molar-refractivity contribution in [1.82, 2.24) is 14.5 Å². The van der Waals surface area contributed by atoms with Crippen LogP contribution in [0.4, 0.5) is 5.95 Å². The Morgan fingerprint density at radius 3 is 2.65 bits per heavy atom. The molecule has 2 aromatic heterocycles. The molecule has 0 radical (unpaired) electrons. The van der Waals surface area contributed by atoms with Crippen LogP contribution in [-0.2, 0) is 6.54 Å². The third-order valence-corrected chi connectivity index (χ3v) is 4.49. The minimum atomic E-state index is -0.00134. The Hall–Kier alpha value is -3.21. The van der Waals surface area contributed by atoms with Crippen LogP contribution in [0.15, 0.2) is 71.8 Å². The van der Waals surface area contributed by atoms with Crippen molar-refractivity contribution in [3.05, 3.63) is 82.9 Å². The lowest BCUT2D eigenvalue weighted by Crippen LogP contribution is -2.38. The smallest absolute Gasteiger partial charge is 0.255 e. The van der Waals surface area contributed by atoms with Gasteiger partial charge in [0.2, 0.25) is 5.95 Å². The average molecular weight is 344 g/mol. The Balaban J connectivity index is 1.63. The fourth-order valence-corrected chi connectivity index (χ4v) is 3.19. The van der Waals surface area contributed by atoms with Crippen molar-refractivity contribution in [2.45, 2.75) is 13.0 Å². The Labute approximate surface area is 152 Å². The minimum absolute atomic E-state index is 0.00134. The molecule has 0 spiro atoms. The van der Waals surface area contributed by atoms with Gasteiger partial charge in [-0.25, -0.2) is 4.98 Å². The zero-order chi connectivity index (χ0) is 17.8. The quantitative estimate of drug-likeness (QED) is 0.729. The number of nitrogens with zero attached hydrogens (tertiary/aromatic N) is 4. The Morgan fingerprint density at radius 1 is 1.04 bits per heavy atom. The van der Waals surface area contributed by atoms with E-state index in [-0.39, 0.29) is 5.56 Å². The van der Waals surface area contributed by atoms with E-state index >= 15 is 0 Å². The first-order valence-corrected chi connectivity index (χ1v) is 8.80. The summed E-state index contributed by atoms with van der Waals surface area (Å²) in [5, 5.41) is 0. The van der Waals surface area contributed by atoms with Crippen LogP contribution in [0.1, 0.15) is 12.0 Å². The highest BCUT2D eigenvalue weighted by Crippen LogP contribution is 2.21. The van der Waals surface area contributed by atoms with Gasteiger partial charge in [-0.2, -0.15) is 0 Å². The molecule has 1 aliphatic heterocycles. The molecule has 1 aromatic carbocycles. The van der Waals surface area contributed by atoms with Crippen LogP contribution in [0.3, 0.4) is 0 Å². The first-order chi connectivity index (χ1) is 12.8. The Kier molecular flexibility index (Phi) is 4.60. The van der Waals surface area contributed by atoms with Gasteiger partial charge in [-0.05, 0) is 24.1 Å². The van der Waals surface area contributed by atoms with Crippen LogP contribution in [0, 0.1) is 0 Å². The molecule has 26 heavy (non-hydrogen) atoms. The summed E-state index contributed by atoms with van der Waals surface area (Å²) < 4.78 is 1.77. The van der Waals surface area contributed by atoms with Gasteiger partial charge in [0, 0.05) is 43.7 Å². The number of rotatable bonds is 4. The van der Waals surface area contributed by atoms with Crippen molar-refractivity contribution in [2.75, 3.05) is 18.0 Å². The molecule has 130 valence electrons. The van der Waals surface area contributed by atoms with E-state index in [1.807, 2.05) is 30.3 Å². The van der Waals surface area contributed by atoms with Crippen molar-refractivity contribution in [1.29, 1.82) is 0 Å². The topological polar surface area (TPSA) is 51.0 Å². The largest absolute Gasteiger partial charge is 0.338 e. The zero-order valence-electron chi connectivity index (χ0n) is 14.5. The monoisotopic (exact) mass is 344 g/mol. The predicted octanol–water partition coefficient (Wildman–Crippen LogP) is 3.23. The Morgan fingerprint density at radius 2 is 1.85 bits per heavy atom. The van der Waals surface area contributed by atoms with Gasteiger partial charge in [0.25, 0.3) is 5.56 Å². The first-order valence-electron chi connectivity index (χ1n) is 8.80. The molecule has 3 aromatic rings. The van der Waals surface area contributed by atoms with Crippen molar-refractivity contribution in [3.8, 4) is 11.3 Å². The van der Waals surface area contributed by atoms with Gasteiger partial charge in [-0.1, -0.05) is 42.5 Å². The van der Waals surface area contributed by atoms with Gasteiger partial charge >= 0.3 is 0 Å². The van der Waals surface area contributed by atoms with Gasteiger partial charge in [-0.3, -0.25) is 14.3 Å². The number of aromatic nitrogens is 3. The van der Waals surface area contributed by atoms with E-state index in [0.29, 0.717) is 5.69 Å². The predicted molar refractivity (Wildman–Crippen MR) is 104 cm³/mol. The lowest BCUT2D eigenvalue weighted by atomic mass is 10.2. The molecule has 0 saturated carbocycles. The van der Waals surface area contributed by atoms with E-state index in [4.69, 9.17) is 4.98 Å². The van der Waals surface area contributed by atoms with Gasteiger partial charge < -0.3 is 4.90 Å². The van der Waals surface area contributed by atoms with E-state index in [2.05, 4.69) is 34.2 Å². The summed E-state index contributed by atoms with van der Waals surface area (Å²) in [6.45, 7) is 2.34. The number of anilines is 1. The number of benzene rings is 1. The van der Waals surface area contributed by atoms with Crippen LogP contribution in [0.5, 0.6) is 0 Å². The summed E-state index contributed by atoms with van der Waals surface area (Å²) in [6.07, 6.45) is 8.60. The summed E-state index contributed by atoms with van der Waals surface area (Å²) in [7, 11) is 0. The van der Waals surface area contributed by atoms with Crippen LogP contribution in [0.2, 0.25) is 0 Å². The van der Waals surface area contributed by atoms with Crippen molar-refractivity contribution < 1.29 is 0 Å². The van der Waals surface area contributed by atoms with Crippen LogP contribution >= 0.6 is 0 Å². The molecule has 0 unspecified atom stereocenters. The Bertz CT molecular complexity index is 964. The summed E-state index contributed by atoms with van der Waals surface area (Å²) in [5.41, 5.74) is 2.77. The minimum Gasteiger partial charge on any atom is -0.338 e. The van der Waals surface area contributed by atoms with Gasteiger partial charge in [0.15, 0.2) is 0 Å². The molecule has 0 N–H and O–H groups in total. The van der Waals surface area contributed by atoms with Gasteiger partial charge in [0.05, 0.1) is 5.69 Å². The van der Waals surface area contributed by atoms with E-state index in [1.54, 1.807) is 23.0 Å². The van der Waals surface area contributed by atoms with E-state index < -0.39 is 0 Å². The van der Waals surface area contributed by atoms with Crippen molar-refractivity contribution in [2.24, 2.45) is 0 Å². The highest BCUT2D eigenvalue weighted by Gasteiger charge is 2.19. The molecule has 3 heterocycles. The highest BCUT2D eigenvalue weighted by molar-refractivity contribution is 5.60. The van der Waals surface area contributed by atoms with E-state index in [0.717, 1.165) is 37.6 Å². The van der Waals surface area contributed by atoms with Crippen LogP contribution in [0.25, 0.3) is 17.3 Å². The summed E-state index contributed by atoms with van der Waals surface area (Å²) in [6, 6.07) is 15.6. The maximum absolute atomic E-state index is 12.6. The maximum Gasteiger partial charge on any atom is 0.255 e. The summed E-state index contributed by atoms with van der Waals surface area (Å²) in [5.74, 6) is 0.744. The summed E-state index contributed by atoms with van der Waals surface area (Å²) in [4.78, 5) is 23.5. The lowest BCUT2D eigenvalue weighted by Gasteiger charge is -2.30. The molecule has 1 aliphatic rings. The molecule has 0 fully saturated rings. The molecule has 0 atom stereocenters. The molecule has 0 amide bonds. The molecular formula is C21H20N4O. The molecular weight excluding hydrogens is 324 g/mol. The van der Waals surface area contributed by atoms with Crippen molar-refractivity contribution in [3.63, 3.8) is 0 Å². The molecule has 5 heteroatoms. The highest BCUT2D eigenvalue weighted by atomic mass is 16.1. The molecule has 5 nitrogen and oxygen atoms in total. The molecule has 0 aliphatic carbocycles. The molecule has 0 saturated heterocycles. The third-order valence-electron chi connectivity index (χ3n) is 4.49. The normalized spacial score (nSPS) is 13.8. The standard InChI is InChI=1S/C21H20N4O/c26-20-16-19(18-9-11-22-12-10-18)23-21-24(14-5-15-25(20)21)13-4-8-17-6-2-1-3-7-17/h1-4,6-12,16H,5,13-15H2. The fraction of sp³-hybridized carbons (Fsp3) is 0.190. The molecule has 0 bridgehead atoms. The van der Waals surface area contributed by atoms with Crippen LogP contribution < -0.4 is 10.5 Å². The van der Waals surface area contributed by atoms with Crippen LogP contribution in [-0.4, -0.2) is 27.6 Å². The number of pyridine rings is 1. The first kappa shape index (κ1) is 16.3. The number of fused-ring (bicyclic) bond motifs is 1. The lowest BCUT2D eigenvalue weighted by molar-refractivity contribution is 0.544. The zero-order valence-corrected chi connectivity index (χ0v) is 14.5.